The molecule has 0 saturated heterocycles. The van der Waals surface area contributed by atoms with Crippen molar-refractivity contribution in [2.24, 2.45) is 7.05 Å². The summed E-state index contributed by atoms with van der Waals surface area (Å²) in [5, 5.41) is 4.14. The molecule has 2 rings (SSSR count). The van der Waals surface area contributed by atoms with Crippen molar-refractivity contribution in [3.8, 4) is 0 Å². The van der Waals surface area contributed by atoms with Crippen molar-refractivity contribution >= 4 is 22.9 Å². The van der Waals surface area contributed by atoms with E-state index < -0.39 is 0 Å². The predicted molar refractivity (Wildman–Crippen MR) is 65.5 cm³/mol. The lowest BCUT2D eigenvalue weighted by Crippen LogP contribution is -2.16. The van der Waals surface area contributed by atoms with Crippen molar-refractivity contribution in [2.45, 2.75) is 13.1 Å². The van der Waals surface area contributed by atoms with Crippen LogP contribution in [0.15, 0.2) is 18.6 Å². The third-order valence-corrected chi connectivity index (χ3v) is 3.26. The van der Waals surface area contributed by atoms with E-state index in [1.165, 1.54) is 21.8 Å². The topological polar surface area (TPSA) is 34.0 Å². The van der Waals surface area contributed by atoms with Crippen LogP contribution in [-0.2, 0) is 20.1 Å². The summed E-state index contributed by atoms with van der Waals surface area (Å²) in [6, 6.07) is 0. The van der Waals surface area contributed by atoms with E-state index >= 15 is 0 Å². The van der Waals surface area contributed by atoms with Gasteiger partial charge in [-0.1, -0.05) is 11.6 Å². The second-order valence-electron chi connectivity index (χ2n) is 3.77. The first-order valence-electron chi connectivity index (χ1n) is 4.90. The zero-order chi connectivity index (χ0) is 11.5. The maximum absolute atomic E-state index is 5.78. The van der Waals surface area contributed by atoms with Crippen molar-refractivity contribution < 1.29 is 0 Å². The first-order valence-corrected chi connectivity index (χ1v) is 6.09. The Morgan fingerprint density at radius 2 is 2.25 bits per heavy atom. The van der Waals surface area contributed by atoms with Crippen LogP contribution < -0.4 is 0 Å². The molecular formula is C10H13ClN4S. The molecule has 0 aromatic carbocycles. The summed E-state index contributed by atoms with van der Waals surface area (Å²) < 4.78 is 2.41. The molecule has 2 aromatic heterocycles. The van der Waals surface area contributed by atoms with Gasteiger partial charge in [-0.15, -0.1) is 11.3 Å². The summed E-state index contributed by atoms with van der Waals surface area (Å²) in [5.74, 6) is 0. The highest BCUT2D eigenvalue weighted by Gasteiger charge is 2.05. The minimum atomic E-state index is 0.602. The summed E-state index contributed by atoms with van der Waals surface area (Å²) in [7, 11) is 3.99. The van der Waals surface area contributed by atoms with E-state index in [0.29, 0.717) is 4.47 Å². The zero-order valence-electron chi connectivity index (χ0n) is 9.22. The fraction of sp³-hybridized carbons (Fsp3) is 0.400. The Morgan fingerprint density at radius 1 is 1.44 bits per heavy atom. The molecule has 0 radical (unpaired) electrons. The van der Waals surface area contributed by atoms with Crippen molar-refractivity contribution in [3.05, 3.63) is 33.5 Å². The lowest BCUT2D eigenvalue weighted by Gasteiger charge is -2.13. The standard InChI is InChI=1S/C10H13ClN4S/c1-14(5-8-3-13-15(2)6-8)7-9-4-12-10(11)16-9/h3-4,6H,5,7H2,1-2H3. The quantitative estimate of drug-likeness (QED) is 0.841. The number of rotatable bonds is 4. The number of aromatic nitrogens is 3. The Morgan fingerprint density at radius 3 is 2.81 bits per heavy atom. The number of aryl methyl sites for hydroxylation is 1. The summed E-state index contributed by atoms with van der Waals surface area (Å²) in [5.41, 5.74) is 1.21. The van der Waals surface area contributed by atoms with Crippen molar-refractivity contribution in [1.82, 2.24) is 19.7 Å². The third-order valence-electron chi connectivity index (χ3n) is 2.16. The smallest absolute Gasteiger partial charge is 0.183 e. The average Bonchev–Trinajstić information content (AvgIpc) is 2.76. The maximum atomic E-state index is 5.78. The first kappa shape index (κ1) is 11.6. The fourth-order valence-electron chi connectivity index (χ4n) is 1.54. The van der Waals surface area contributed by atoms with E-state index in [1.54, 1.807) is 0 Å². The van der Waals surface area contributed by atoms with Crippen molar-refractivity contribution in [3.63, 3.8) is 0 Å². The molecule has 0 aliphatic carbocycles. The summed E-state index contributed by atoms with van der Waals surface area (Å²) in [6.07, 6.45) is 5.74. The summed E-state index contributed by atoms with van der Waals surface area (Å²) in [4.78, 5) is 7.41. The van der Waals surface area contributed by atoms with E-state index in [-0.39, 0.29) is 0 Å². The molecule has 86 valence electrons. The van der Waals surface area contributed by atoms with Crippen LogP contribution in [0.1, 0.15) is 10.4 Å². The molecule has 6 heteroatoms. The van der Waals surface area contributed by atoms with Gasteiger partial charge >= 0.3 is 0 Å². The highest BCUT2D eigenvalue weighted by atomic mass is 35.5. The second kappa shape index (κ2) is 4.95. The van der Waals surface area contributed by atoms with Gasteiger partial charge in [-0.25, -0.2) is 4.98 Å². The molecule has 0 spiro atoms. The number of nitrogens with zero attached hydrogens (tertiary/aromatic N) is 4. The third kappa shape index (κ3) is 3.04. The molecule has 0 aliphatic heterocycles. The minimum absolute atomic E-state index is 0.602. The van der Waals surface area contributed by atoms with E-state index in [1.807, 2.05) is 30.3 Å². The Kier molecular flexibility index (Phi) is 3.58. The van der Waals surface area contributed by atoms with Crippen LogP contribution in [0.5, 0.6) is 0 Å². The highest BCUT2D eigenvalue weighted by Crippen LogP contribution is 2.19. The Hall–Kier alpha value is -0.910. The molecule has 0 N–H and O–H groups in total. The van der Waals surface area contributed by atoms with E-state index in [4.69, 9.17) is 11.6 Å². The van der Waals surface area contributed by atoms with Crippen LogP contribution >= 0.6 is 22.9 Å². The molecule has 0 aliphatic rings. The number of hydrogen-bond acceptors (Lipinski definition) is 4. The Bertz CT molecular complexity index is 423. The maximum Gasteiger partial charge on any atom is 0.183 e. The Balaban J connectivity index is 1.91. The van der Waals surface area contributed by atoms with E-state index in [2.05, 4.69) is 22.0 Å². The SMILES string of the molecule is CN(Cc1cnn(C)c1)Cc1cnc(Cl)s1. The molecular weight excluding hydrogens is 244 g/mol. The molecule has 4 nitrogen and oxygen atoms in total. The molecule has 0 fully saturated rings. The van der Waals surface area contributed by atoms with Gasteiger partial charge in [-0.05, 0) is 7.05 Å². The van der Waals surface area contributed by atoms with Crippen LogP contribution in [0.2, 0.25) is 4.47 Å². The van der Waals surface area contributed by atoms with Crippen LogP contribution in [0.4, 0.5) is 0 Å². The normalized spacial score (nSPS) is 11.2. The van der Waals surface area contributed by atoms with Crippen LogP contribution in [0, 0.1) is 0 Å². The van der Waals surface area contributed by atoms with Gasteiger partial charge < -0.3 is 0 Å². The van der Waals surface area contributed by atoms with Gasteiger partial charge in [0.2, 0.25) is 0 Å². The predicted octanol–water partition coefficient (Wildman–Crippen LogP) is 2.16. The number of thiazole rings is 1. The average molecular weight is 257 g/mol. The lowest BCUT2D eigenvalue weighted by atomic mass is 10.3. The van der Waals surface area contributed by atoms with E-state index in [0.717, 1.165) is 13.1 Å². The molecule has 2 aromatic rings. The van der Waals surface area contributed by atoms with Gasteiger partial charge in [0.25, 0.3) is 0 Å². The summed E-state index contributed by atoms with van der Waals surface area (Å²) >= 11 is 7.31. The molecule has 2 heterocycles. The van der Waals surface area contributed by atoms with Crippen molar-refractivity contribution in [1.29, 1.82) is 0 Å². The highest BCUT2D eigenvalue weighted by molar-refractivity contribution is 7.15. The molecule has 0 unspecified atom stereocenters. The number of halogens is 1. The van der Waals surface area contributed by atoms with Crippen LogP contribution in [0.25, 0.3) is 0 Å². The van der Waals surface area contributed by atoms with Gasteiger partial charge in [0.05, 0.1) is 6.20 Å². The van der Waals surface area contributed by atoms with Crippen molar-refractivity contribution in [2.75, 3.05) is 7.05 Å². The molecule has 0 amide bonds. The lowest BCUT2D eigenvalue weighted by molar-refractivity contribution is 0.321. The molecule has 0 atom stereocenters. The Labute approximate surface area is 103 Å². The van der Waals surface area contributed by atoms with Gasteiger partial charge in [0.1, 0.15) is 0 Å². The summed E-state index contributed by atoms with van der Waals surface area (Å²) in [6.45, 7) is 1.74. The number of hydrogen-bond donors (Lipinski definition) is 0. The van der Waals surface area contributed by atoms with E-state index in [9.17, 15) is 0 Å². The molecule has 16 heavy (non-hydrogen) atoms. The second-order valence-corrected chi connectivity index (χ2v) is 5.47. The monoisotopic (exact) mass is 256 g/mol. The van der Waals surface area contributed by atoms with Crippen LogP contribution in [0.3, 0.4) is 0 Å². The molecule has 0 saturated carbocycles. The van der Waals surface area contributed by atoms with Gasteiger partial charge in [-0.2, -0.15) is 5.10 Å². The van der Waals surface area contributed by atoms with Gasteiger partial charge in [0, 0.05) is 43.0 Å². The van der Waals surface area contributed by atoms with Gasteiger partial charge in [-0.3, -0.25) is 9.58 Å². The zero-order valence-corrected chi connectivity index (χ0v) is 10.8. The van der Waals surface area contributed by atoms with Gasteiger partial charge in [0.15, 0.2) is 4.47 Å². The fourth-order valence-corrected chi connectivity index (χ4v) is 2.60. The molecule has 0 bridgehead atoms. The largest absolute Gasteiger partial charge is 0.297 e. The minimum Gasteiger partial charge on any atom is -0.297 e. The first-order chi connectivity index (χ1) is 7.63. The van der Waals surface area contributed by atoms with Crippen LogP contribution in [-0.4, -0.2) is 26.7 Å².